The number of hydrogen-bond acceptors (Lipinski definition) is 12. The number of aliphatic hydroxyl groups excluding tert-OH is 1. The molecule has 2 aliphatic heterocycles. The molecular formula is C22H27N6O8PS. The Morgan fingerprint density at radius 3 is 2.89 bits per heavy atom. The highest BCUT2D eigenvalue weighted by Gasteiger charge is 2.54. The number of aromatic amines is 1. The molecule has 7 atom stereocenters. The Labute approximate surface area is 220 Å². The van der Waals surface area contributed by atoms with Gasteiger partial charge in [0.2, 0.25) is 5.95 Å². The molecule has 0 spiro atoms. The number of benzene rings is 1. The van der Waals surface area contributed by atoms with Gasteiger partial charge in [-0.05, 0) is 19.4 Å². The van der Waals surface area contributed by atoms with E-state index in [2.05, 4.69) is 20.0 Å². The van der Waals surface area contributed by atoms with Crippen LogP contribution in [0.3, 0.4) is 0 Å². The highest BCUT2D eigenvalue weighted by atomic mass is 32.7. The molecule has 0 radical (unpaired) electrons. The quantitative estimate of drug-likeness (QED) is 0.199. The maximum Gasteiger partial charge on any atom is 0.327 e. The summed E-state index contributed by atoms with van der Waals surface area (Å²) in [6, 6.07) is 8.37. The molecule has 6 N–H and O–H groups in total. The van der Waals surface area contributed by atoms with Crippen molar-refractivity contribution in [3.63, 3.8) is 0 Å². The Bertz CT molecular complexity index is 1450. The van der Waals surface area contributed by atoms with Crippen molar-refractivity contribution >= 4 is 41.2 Å². The molecule has 204 valence electrons. The first-order valence-corrected chi connectivity index (χ1v) is 14.9. The van der Waals surface area contributed by atoms with E-state index < -0.39 is 54.4 Å². The van der Waals surface area contributed by atoms with E-state index in [1.165, 1.54) is 17.8 Å². The number of ether oxygens (including phenoxy) is 2. The first-order valence-electron chi connectivity index (χ1n) is 11.7. The second-order valence-electron chi connectivity index (χ2n) is 9.23. The van der Waals surface area contributed by atoms with Crippen molar-refractivity contribution in [3.8, 4) is 0 Å². The molecule has 2 aromatic heterocycles. The van der Waals surface area contributed by atoms with Gasteiger partial charge in [-0.1, -0.05) is 41.7 Å². The van der Waals surface area contributed by atoms with Crippen LogP contribution in [0.5, 0.6) is 0 Å². The molecule has 4 heterocycles. The van der Waals surface area contributed by atoms with E-state index in [-0.39, 0.29) is 29.5 Å². The molecule has 2 fully saturated rings. The zero-order valence-corrected chi connectivity index (χ0v) is 22.1. The zero-order chi connectivity index (χ0) is 27.2. The predicted octanol–water partition coefficient (Wildman–Crippen LogP) is 0.845. The third kappa shape index (κ3) is 4.98. The second-order valence-corrected chi connectivity index (χ2v) is 13.6. The maximum absolute atomic E-state index is 13.2. The topological polar surface area (TPSA) is 204 Å². The number of aromatic nitrogens is 4. The van der Waals surface area contributed by atoms with Crippen molar-refractivity contribution in [2.75, 3.05) is 18.1 Å². The molecule has 16 heteroatoms. The van der Waals surface area contributed by atoms with Crippen LogP contribution in [0.1, 0.15) is 31.7 Å². The van der Waals surface area contributed by atoms with Crippen LogP contribution in [-0.2, 0) is 23.4 Å². The number of H-pyrrole nitrogens is 1. The number of esters is 1. The number of rotatable bonds is 7. The molecule has 14 nitrogen and oxygen atoms in total. The number of imidazole rings is 1. The molecule has 2 aliphatic rings. The van der Waals surface area contributed by atoms with Crippen molar-refractivity contribution in [1.29, 1.82) is 0 Å². The average Bonchev–Trinajstić information content (AvgIpc) is 3.54. The summed E-state index contributed by atoms with van der Waals surface area (Å²) in [5.41, 5.74) is 4.07. The van der Waals surface area contributed by atoms with E-state index in [0.29, 0.717) is 0 Å². The van der Waals surface area contributed by atoms with E-state index in [1.807, 2.05) is 30.3 Å². The Hall–Kier alpha value is -2.78. The fraction of sp³-hybridized carbons (Fsp3) is 0.455. The number of nitrogens with one attached hydrogen (secondary N) is 2. The fourth-order valence-electron chi connectivity index (χ4n) is 4.35. The van der Waals surface area contributed by atoms with Crippen LogP contribution in [0, 0.1) is 0 Å². The number of hydrogen-bond donors (Lipinski definition) is 5. The average molecular weight is 567 g/mol. The van der Waals surface area contributed by atoms with E-state index in [4.69, 9.17) is 19.7 Å². The molecule has 5 rings (SSSR count). The number of carbonyl (C=O) groups excluding carboxylic acids is 1. The maximum atomic E-state index is 13.2. The molecule has 2 saturated heterocycles. The van der Waals surface area contributed by atoms with Gasteiger partial charge in [-0.2, -0.15) is 4.98 Å². The lowest BCUT2D eigenvalue weighted by Gasteiger charge is -2.27. The van der Waals surface area contributed by atoms with Crippen LogP contribution in [0.15, 0.2) is 41.5 Å². The summed E-state index contributed by atoms with van der Waals surface area (Å²) in [5, 5.41) is 24.5. The lowest BCUT2D eigenvalue weighted by atomic mass is 9.96. The lowest BCUT2D eigenvalue weighted by molar-refractivity contribution is -0.150. The minimum atomic E-state index is -3.55. The van der Waals surface area contributed by atoms with Crippen LogP contribution in [0.2, 0.25) is 0 Å². The SMILES string of the molecule is C[C@H](OC(=O)[C@H]1CSP(=O)(OCC2O[C@@H](n3cnc4c(=O)[nH]c(N)nc43)[C@](C)(O)[C@@H]2O)N1)c1ccccc1. The summed E-state index contributed by atoms with van der Waals surface area (Å²) < 4.78 is 31.5. The minimum Gasteiger partial charge on any atom is -0.457 e. The third-order valence-corrected chi connectivity index (χ3v) is 10.5. The Morgan fingerprint density at radius 1 is 1.42 bits per heavy atom. The first-order chi connectivity index (χ1) is 18.0. The van der Waals surface area contributed by atoms with Crippen molar-refractivity contribution in [2.45, 2.75) is 50.0 Å². The largest absolute Gasteiger partial charge is 0.457 e. The number of aliphatic hydroxyl groups is 2. The molecule has 0 amide bonds. The van der Waals surface area contributed by atoms with Gasteiger partial charge in [-0.3, -0.25) is 23.7 Å². The normalized spacial score (nSPS) is 32.0. The van der Waals surface area contributed by atoms with Crippen molar-refractivity contribution in [2.24, 2.45) is 0 Å². The monoisotopic (exact) mass is 566 g/mol. The fourth-order valence-corrected chi connectivity index (χ4v) is 8.23. The van der Waals surface area contributed by atoms with Gasteiger partial charge in [-0.15, -0.1) is 0 Å². The smallest absolute Gasteiger partial charge is 0.327 e. The summed E-state index contributed by atoms with van der Waals surface area (Å²) in [6.45, 7) is -0.825. The van der Waals surface area contributed by atoms with Gasteiger partial charge in [0.1, 0.15) is 30.0 Å². The van der Waals surface area contributed by atoms with Crippen molar-refractivity contribution in [1.82, 2.24) is 24.6 Å². The van der Waals surface area contributed by atoms with Crippen LogP contribution in [0.25, 0.3) is 11.2 Å². The van der Waals surface area contributed by atoms with Gasteiger partial charge in [0.25, 0.3) is 5.56 Å². The zero-order valence-electron chi connectivity index (χ0n) is 20.4. The highest BCUT2D eigenvalue weighted by Crippen LogP contribution is 2.61. The van der Waals surface area contributed by atoms with Gasteiger partial charge < -0.3 is 29.9 Å². The standard InChI is InChI=1S/C22H27N6O8PS/c1-11(12-6-4-3-5-7-12)35-19(31)13-9-38-37(33,27-13)34-8-14-16(29)22(2,32)20(36-14)28-10-24-15-17(28)25-21(23)26-18(15)30/h3-7,10-11,13-14,16,20,29,32H,8-9H2,1-2H3,(H,27,33)(H3,23,25,26,30)/t11-,13+,14?,16+,20+,22+,37?/m0/s1. The van der Waals surface area contributed by atoms with Crippen molar-refractivity contribution < 1.29 is 33.6 Å². The Balaban J connectivity index is 1.23. The lowest BCUT2D eigenvalue weighted by Crippen LogP contribution is -2.44. The van der Waals surface area contributed by atoms with E-state index in [0.717, 1.165) is 16.9 Å². The number of nitrogens with two attached hydrogens (primary N) is 1. The molecule has 0 aliphatic carbocycles. The molecule has 1 aromatic carbocycles. The van der Waals surface area contributed by atoms with Crippen LogP contribution in [-0.4, -0.2) is 71.9 Å². The van der Waals surface area contributed by atoms with E-state index in [9.17, 15) is 24.4 Å². The number of fused-ring (bicyclic) bond motifs is 1. The summed E-state index contributed by atoms with van der Waals surface area (Å²) in [6.07, 6.45) is -3.03. The third-order valence-electron chi connectivity index (χ3n) is 6.44. The van der Waals surface area contributed by atoms with Gasteiger partial charge in [0.05, 0.1) is 12.9 Å². The van der Waals surface area contributed by atoms with Crippen LogP contribution >= 0.6 is 18.1 Å². The van der Waals surface area contributed by atoms with Gasteiger partial charge in [-0.25, -0.2) is 10.1 Å². The summed E-state index contributed by atoms with van der Waals surface area (Å²) in [7, 11) is 0. The van der Waals surface area contributed by atoms with Gasteiger partial charge in [0.15, 0.2) is 17.4 Å². The molecule has 0 bridgehead atoms. The van der Waals surface area contributed by atoms with Crippen LogP contribution < -0.4 is 16.4 Å². The minimum absolute atomic E-state index is 0.0247. The van der Waals surface area contributed by atoms with Crippen LogP contribution in [0.4, 0.5) is 5.95 Å². The summed E-state index contributed by atoms with van der Waals surface area (Å²) in [4.78, 5) is 35.1. The first kappa shape index (κ1) is 26.8. The Kier molecular flexibility index (Phi) is 7.11. The number of nitrogens with zero attached hydrogens (tertiary/aromatic N) is 3. The highest BCUT2D eigenvalue weighted by molar-refractivity contribution is 8.56. The van der Waals surface area contributed by atoms with Gasteiger partial charge in [0, 0.05) is 5.75 Å². The molecule has 3 aromatic rings. The number of anilines is 1. The molecule has 2 unspecified atom stereocenters. The van der Waals surface area contributed by atoms with Crippen molar-refractivity contribution in [3.05, 3.63) is 52.6 Å². The summed E-state index contributed by atoms with van der Waals surface area (Å²) >= 11 is 0.937. The number of carbonyl (C=O) groups is 1. The second kappa shape index (κ2) is 10.1. The van der Waals surface area contributed by atoms with Gasteiger partial charge >= 0.3 is 12.7 Å². The Morgan fingerprint density at radius 2 is 2.16 bits per heavy atom. The summed E-state index contributed by atoms with van der Waals surface area (Å²) in [5.74, 6) is -0.561. The number of nitrogen functional groups attached to an aromatic ring is 1. The van der Waals surface area contributed by atoms with E-state index >= 15 is 0 Å². The molecule has 38 heavy (non-hydrogen) atoms. The molecular weight excluding hydrogens is 539 g/mol. The predicted molar refractivity (Wildman–Crippen MR) is 137 cm³/mol. The molecule has 0 saturated carbocycles. The van der Waals surface area contributed by atoms with E-state index in [1.54, 1.807) is 6.92 Å².